The second kappa shape index (κ2) is 10.2. The van der Waals surface area contributed by atoms with Crippen molar-refractivity contribution in [3.05, 3.63) is 58.3 Å². The third kappa shape index (κ3) is 5.05. The molecule has 3 aliphatic rings. The van der Waals surface area contributed by atoms with E-state index in [2.05, 4.69) is 43.0 Å². The number of aliphatic hydroxyl groups is 1. The summed E-state index contributed by atoms with van der Waals surface area (Å²) in [5.41, 5.74) is -1.18. The van der Waals surface area contributed by atoms with Gasteiger partial charge in [0.05, 0.1) is 23.0 Å². The van der Waals surface area contributed by atoms with Crippen LogP contribution in [0.1, 0.15) is 46.1 Å². The van der Waals surface area contributed by atoms with Crippen molar-refractivity contribution in [1.29, 1.82) is 0 Å². The van der Waals surface area contributed by atoms with E-state index >= 15 is 0 Å². The average Bonchev–Trinajstić information content (AvgIpc) is 3.24. The third-order valence-corrected chi connectivity index (χ3v) is 9.82. The van der Waals surface area contributed by atoms with Gasteiger partial charge in [-0.25, -0.2) is 18.4 Å². The molecule has 0 amide bonds. The second-order valence-electron chi connectivity index (χ2n) is 12.5. The van der Waals surface area contributed by atoms with Gasteiger partial charge in [0, 0.05) is 50.0 Å². The fourth-order valence-corrected chi connectivity index (χ4v) is 8.05. The number of halogens is 1. The van der Waals surface area contributed by atoms with Gasteiger partial charge in [0.2, 0.25) is 0 Å². The van der Waals surface area contributed by atoms with Crippen molar-refractivity contribution in [1.82, 2.24) is 29.5 Å². The highest BCUT2D eigenvalue weighted by Gasteiger charge is 2.48. The summed E-state index contributed by atoms with van der Waals surface area (Å²) >= 11 is 6.60. The number of likely N-dealkylation sites (tertiary alicyclic amines) is 1. The van der Waals surface area contributed by atoms with Gasteiger partial charge in [0.1, 0.15) is 17.3 Å². The smallest absolute Gasteiger partial charge is 0.166 e. The number of nitrogens with zero attached hydrogens (tertiary/aromatic N) is 7. The molecule has 224 valence electrons. The highest BCUT2D eigenvalue weighted by atomic mass is 35.5. The van der Waals surface area contributed by atoms with Crippen molar-refractivity contribution < 1.29 is 13.5 Å². The number of sulfone groups is 1. The van der Waals surface area contributed by atoms with Gasteiger partial charge in [-0.05, 0) is 57.4 Å². The standard InChI is InChI=1S/C30H38ClN7O3S/c1-20(2)38(25-11-12-32-27(33-25)24-18-37(34-26(24)31)22-16-29(3,39)17-22)30(19-42(5,40)41)15-21-9-6-7-10-23(21)28(35(30)4)36-13-8-14-36/h6-7,9-12,15,18,20,22,39H,8,13-14,16-17,19H2,1-5H3/t22?,29?,30-/m0/s1. The van der Waals surface area contributed by atoms with E-state index in [1.165, 1.54) is 6.26 Å². The minimum Gasteiger partial charge on any atom is -0.390 e. The highest BCUT2D eigenvalue weighted by Crippen LogP contribution is 2.42. The molecule has 42 heavy (non-hydrogen) atoms. The predicted molar refractivity (Wildman–Crippen MR) is 165 cm³/mol. The number of hydrogen-bond acceptors (Lipinski definition) is 9. The molecule has 0 unspecified atom stereocenters. The molecule has 3 aromatic rings. The molecule has 4 heterocycles. The van der Waals surface area contributed by atoms with Crippen molar-refractivity contribution in [3.8, 4) is 11.4 Å². The van der Waals surface area contributed by atoms with Crippen LogP contribution < -0.4 is 15.3 Å². The van der Waals surface area contributed by atoms with Gasteiger partial charge in [0.25, 0.3) is 0 Å². The van der Waals surface area contributed by atoms with Crippen molar-refractivity contribution in [2.24, 2.45) is 0 Å². The first-order chi connectivity index (χ1) is 19.8. The zero-order valence-corrected chi connectivity index (χ0v) is 26.3. The summed E-state index contributed by atoms with van der Waals surface area (Å²) in [5, 5.41) is 17.1. The molecule has 10 nitrogen and oxygen atoms in total. The minimum absolute atomic E-state index is 0.0562. The molecule has 2 fully saturated rings. The van der Waals surface area contributed by atoms with Crippen LogP contribution in [0.4, 0.5) is 5.82 Å². The van der Waals surface area contributed by atoms with Gasteiger partial charge in [0.15, 0.2) is 20.8 Å². The van der Waals surface area contributed by atoms with Crippen LogP contribution in [0.2, 0.25) is 5.15 Å². The Morgan fingerprint density at radius 1 is 1.19 bits per heavy atom. The number of anilines is 1. The lowest BCUT2D eigenvalue weighted by Crippen LogP contribution is -2.69. The zero-order valence-electron chi connectivity index (χ0n) is 24.7. The van der Waals surface area contributed by atoms with Crippen LogP contribution >= 0.6 is 11.6 Å². The Hall–Kier alpha value is -3.15. The number of aromatic nitrogens is 4. The van der Waals surface area contributed by atoms with E-state index < -0.39 is 21.1 Å². The summed E-state index contributed by atoms with van der Waals surface area (Å²) < 4.78 is 28.2. The van der Waals surface area contributed by atoms with Crippen LogP contribution in [0.5, 0.6) is 0 Å². The maximum absolute atomic E-state index is 13.2. The number of fused-ring (bicyclic) bond motifs is 1. The second-order valence-corrected chi connectivity index (χ2v) is 15.0. The van der Waals surface area contributed by atoms with Crippen molar-refractivity contribution in [2.75, 3.05) is 37.0 Å². The summed E-state index contributed by atoms with van der Waals surface area (Å²) in [5.74, 6) is 1.86. The molecule has 1 aromatic carbocycles. The quantitative estimate of drug-likeness (QED) is 0.410. The van der Waals surface area contributed by atoms with Gasteiger partial charge in [-0.2, -0.15) is 5.10 Å². The van der Waals surface area contributed by atoms with E-state index in [0.29, 0.717) is 30.0 Å². The Labute approximate surface area is 251 Å². The summed E-state index contributed by atoms with van der Waals surface area (Å²) in [6.45, 7) is 7.75. The highest BCUT2D eigenvalue weighted by molar-refractivity contribution is 7.90. The molecule has 2 aromatic heterocycles. The lowest BCUT2D eigenvalue weighted by Gasteiger charge is -2.55. The van der Waals surface area contributed by atoms with E-state index in [1.807, 2.05) is 52.2 Å². The Morgan fingerprint density at radius 3 is 2.52 bits per heavy atom. The number of hydrogen-bond donors (Lipinski definition) is 1. The maximum atomic E-state index is 13.2. The monoisotopic (exact) mass is 611 g/mol. The molecule has 1 atom stereocenters. The normalized spacial score (nSPS) is 25.5. The molecule has 6 rings (SSSR count). The summed E-state index contributed by atoms with van der Waals surface area (Å²) in [6.07, 6.45) is 9.16. The van der Waals surface area contributed by atoms with E-state index in [9.17, 15) is 13.5 Å². The van der Waals surface area contributed by atoms with Gasteiger partial charge < -0.3 is 19.8 Å². The van der Waals surface area contributed by atoms with E-state index in [0.717, 1.165) is 35.8 Å². The van der Waals surface area contributed by atoms with E-state index in [4.69, 9.17) is 16.6 Å². The molecular formula is C30H38ClN7O3S. The lowest BCUT2D eigenvalue weighted by atomic mass is 9.77. The first kappa shape index (κ1) is 28.9. The van der Waals surface area contributed by atoms with Crippen LogP contribution in [0.25, 0.3) is 23.3 Å². The van der Waals surface area contributed by atoms with Crippen LogP contribution in [0, 0.1) is 0 Å². The van der Waals surface area contributed by atoms with Crippen LogP contribution in [-0.4, -0.2) is 92.5 Å². The van der Waals surface area contributed by atoms with E-state index in [-0.39, 0.29) is 23.0 Å². The average molecular weight is 612 g/mol. The van der Waals surface area contributed by atoms with Crippen molar-refractivity contribution in [2.45, 2.75) is 63.4 Å². The Bertz CT molecular complexity index is 1740. The minimum atomic E-state index is -3.47. The lowest BCUT2D eigenvalue weighted by molar-refractivity contribution is -0.0542. The SMILES string of the molecule is CC(C)N(c1ccnc(-c2cn(C3CC(C)(O)C3)nc2Cl)n1)[C@]1(CS(C)(=O)=O)C=c2ccccc2=C(N2CCC2)N1C. The van der Waals surface area contributed by atoms with Gasteiger partial charge in [-0.1, -0.05) is 35.9 Å². The van der Waals surface area contributed by atoms with Gasteiger partial charge in [-0.3, -0.25) is 4.68 Å². The van der Waals surface area contributed by atoms with Crippen molar-refractivity contribution in [3.63, 3.8) is 0 Å². The fourth-order valence-electron chi connectivity index (χ4n) is 6.64. The van der Waals surface area contributed by atoms with Crippen molar-refractivity contribution >= 4 is 39.2 Å². The van der Waals surface area contributed by atoms with Crippen LogP contribution in [0.3, 0.4) is 0 Å². The van der Waals surface area contributed by atoms with Gasteiger partial charge >= 0.3 is 0 Å². The third-order valence-electron chi connectivity index (χ3n) is 8.59. The predicted octanol–water partition coefficient (Wildman–Crippen LogP) is 2.23. The van der Waals surface area contributed by atoms with Crippen LogP contribution in [0.15, 0.2) is 42.7 Å². The first-order valence-electron chi connectivity index (χ1n) is 14.4. The van der Waals surface area contributed by atoms with E-state index in [1.54, 1.807) is 10.9 Å². The molecular weight excluding hydrogens is 574 g/mol. The molecule has 1 N–H and O–H groups in total. The molecule has 0 radical (unpaired) electrons. The Balaban J connectivity index is 1.49. The maximum Gasteiger partial charge on any atom is 0.166 e. The molecule has 0 spiro atoms. The zero-order chi connectivity index (χ0) is 30.0. The first-order valence-corrected chi connectivity index (χ1v) is 16.8. The molecule has 1 aliphatic carbocycles. The molecule has 12 heteroatoms. The molecule has 0 bridgehead atoms. The largest absolute Gasteiger partial charge is 0.390 e. The number of rotatable bonds is 8. The molecule has 1 saturated heterocycles. The summed E-state index contributed by atoms with van der Waals surface area (Å²) in [4.78, 5) is 16.0. The molecule has 2 aliphatic heterocycles. The fraction of sp³-hybridized carbons (Fsp3) is 0.500. The Morgan fingerprint density at radius 2 is 1.90 bits per heavy atom. The summed E-state index contributed by atoms with van der Waals surface area (Å²) in [6, 6.07) is 9.91. The topological polar surface area (TPSA) is 108 Å². The number of benzene rings is 1. The molecule has 1 saturated carbocycles. The Kier molecular flexibility index (Phi) is 7.06. The van der Waals surface area contributed by atoms with Crippen LogP contribution in [-0.2, 0) is 9.84 Å². The van der Waals surface area contributed by atoms with Gasteiger partial charge in [-0.15, -0.1) is 0 Å². The summed E-state index contributed by atoms with van der Waals surface area (Å²) in [7, 11) is -1.48.